The van der Waals surface area contributed by atoms with Crippen LogP contribution in [-0.2, 0) is 9.59 Å². The predicted octanol–water partition coefficient (Wildman–Crippen LogP) is 4.64. The first-order valence-electron chi connectivity index (χ1n) is 9.78. The maximum atomic E-state index is 12.9. The van der Waals surface area contributed by atoms with E-state index in [1.165, 1.54) is 30.5 Å². The molecule has 166 valence electrons. The van der Waals surface area contributed by atoms with Gasteiger partial charge in [0.05, 0.1) is 23.4 Å². The molecule has 7 nitrogen and oxygen atoms in total. The van der Waals surface area contributed by atoms with Crippen LogP contribution in [0.3, 0.4) is 0 Å². The number of hydrogen-bond donors (Lipinski definition) is 2. The van der Waals surface area contributed by atoms with E-state index in [-0.39, 0.29) is 24.9 Å². The lowest BCUT2D eigenvalue weighted by atomic mass is 10.2. The molecule has 2 rings (SSSR count). The minimum Gasteiger partial charge on any atom is -0.490 e. The van der Waals surface area contributed by atoms with E-state index < -0.39 is 11.7 Å². The smallest absolute Gasteiger partial charge is 0.240 e. The number of ether oxygens (including phenoxy) is 2. The minimum atomic E-state index is -0.408. The minimum absolute atomic E-state index is 0.0189. The van der Waals surface area contributed by atoms with Crippen molar-refractivity contribution >= 4 is 39.6 Å². The number of hydrazone groups is 1. The topological polar surface area (TPSA) is 89.0 Å². The van der Waals surface area contributed by atoms with Crippen LogP contribution in [-0.4, -0.2) is 30.7 Å². The number of carbonyl (C=O) groups is 2. The predicted molar refractivity (Wildman–Crippen MR) is 121 cm³/mol. The first kappa shape index (κ1) is 24.3. The highest BCUT2D eigenvalue weighted by Crippen LogP contribution is 2.37. The molecule has 0 aliphatic rings. The molecule has 2 amide bonds. The normalized spacial score (nSPS) is 10.9. The van der Waals surface area contributed by atoms with Crippen LogP contribution in [0.1, 0.15) is 39.2 Å². The fourth-order valence-corrected chi connectivity index (χ4v) is 3.05. The average Bonchev–Trinajstić information content (AvgIpc) is 2.71. The molecule has 2 aromatic carbocycles. The zero-order chi connectivity index (χ0) is 22.8. The SMILES string of the molecule is CCOc1cc(C=NNC(=O)CCC(=O)Nc2ccc(F)cc2)cc(Br)c1OC(C)C. The second kappa shape index (κ2) is 12.0. The van der Waals surface area contributed by atoms with Crippen LogP contribution in [0.2, 0.25) is 0 Å². The Balaban J connectivity index is 1.88. The Hall–Kier alpha value is -2.94. The molecular weight excluding hydrogens is 469 g/mol. The number of nitrogens with one attached hydrogen (secondary N) is 2. The number of benzene rings is 2. The summed E-state index contributed by atoms with van der Waals surface area (Å²) in [6.07, 6.45) is 1.39. The van der Waals surface area contributed by atoms with Crippen molar-refractivity contribution in [3.8, 4) is 11.5 Å². The largest absolute Gasteiger partial charge is 0.490 e. The number of amides is 2. The maximum Gasteiger partial charge on any atom is 0.240 e. The molecule has 0 heterocycles. The first-order chi connectivity index (χ1) is 14.8. The maximum absolute atomic E-state index is 12.9. The van der Waals surface area contributed by atoms with Gasteiger partial charge >= 0.3 is 0 Å². The van der Waals surface area contributed by atoms with Crippen molar-refractivity contribution < 1.29 is 23.5 Å². The van der Waals surface area contributed by atoms with E-state index in [2.05, 4.69) is 31.8 Å². The molecule has 9 heteroatoms. The molecule has 0 aliphatic heterocycles. The van der Waals surface area contributed by atoms with Crippen molar-refractivity contribution in [2.75, 3.05) is 11.9 Å². The molecule has 0 atom stereocenters. The Morgan fingerprint density at radius 1 is 1.16 bits per heavy atom. The van der Waals surface area contributed by atoms with Crippen LogP contribution in [0, 0.1) is 5.82 Å². The Bertz CT molecular complexity index is 933. The molecule has 0 fully saturated rings. The summed E-state index contributed by atoms with van der Waals surface area (Å²) in [5.74, 6) is 0.0184. The number of hydrogen-bond acceptors (Lipinski definition) is 5. The molecule has 0 saturated heterocycles. The van der Waals surface area contributed by atoms with Crippen LogP contribution in [0.25, 0.3) is 0 Å². The lowest BCUT2D eigenvalue weighted by Crippen LogP contribution is -2.20. The lowest BCUT2D eigenvalue weighted by Gasteiger charge is -2.16. The van der Waals surface area contributed by atoms with Crippen LogP contribution >= 0.6 is 15.9 Å². The summed E-state index contributed by atoms with van der Waals surface area (Å²) in [6, 6.07) is 8.94. The standard InChI is InChI=1S/C22H25BrFN3O4/c1-4-30-19-12-15(11-18(23)22(19)31-14(2)3)13-25-27-21(29)10-9-20(28)26-17-7-5-16(24)6-8-17/h5-8,11-14H,4,9-10H2,1-3H3,(H,26,28)(H,27,29). The van der Waals surface area contributed by atoms with Crippen molar-refractivity contribution in [3.63, 3.8) is 0 Å². The van der Waals surface area contributed by atoms with Gasteiger partial charge in [-0.3, -0.25) is 9.59 Å². The summed E-state index contributed by atoms with van der Waals surface area (Å²) < 4.78 is 25.0. The van der Waals surface area contributed by atoms with Crippen LogP contribution in [0.5, 0.6) is 11.5 Å². The summed E-state index contributed by atoms with van der Waals surface area (Å²) in [7, 11) is 0. The van der Waals surface area contributed by atoms with Crippen molar-refractivity contribution in [2.24, 2.45) is 5.10 Å². The second-order valence-corrected chi connectivity index (χ2v) is 7.63. The number of carbonyl (C=O) groups excluding carboxylic acids is 2. The van der Waals surface area contributed by atoms with Crippen molar-refractivity contribution in [1.29, 1.82) is 0 Å². The number of anilines is 1. The molecule has 0 spiro atoms. The van der Waals surface area contributed by atoms with E-state index >= 15 is 0 Å². The van der Waals surface area contributed by atoms with Gasteiger partial charge in [0, 0.05) is 18.5 Å². The quantitative estimate of drug-likeness (QED) is 0.372. The molecule has 2 aromatic rings. The highest BCUT2D eigenvalue weighted by Gasteiger charge is 2.13. The third-order valence-corrected chi connectivity index (χ3v) is 4.38. The van der Waals surface area contributed by atoms with Gasteiger partial charge in [-0.2, -0.15) is 5.10 Å². The summed E-state index contributed by atoms with van der Waals surface area (Å²) in [6.45, 7) is 6.19. The third-order valence-electron chi connectivity index (χ3n) is 3.80. The van der Waals surface area contributed by atoms with Crippen molar-refractivity contribution in [1.82, 2.24) is 5.43 Å². The van der Waals surface area contributed by atoms with E-state index in [4.69, 9.17) is 9.47 Å². The van der Waals surface area contributed by atoms with Gasteiger partial charge < -0.3 is 14.8 Å². The van der Waals surface area contributed by atoms with Gasteiger partial charge in [-0.1, -0.05) is 0 Å². The van der Waals surface area contributed by atoms with Gasteiger partial charge in [0.25, 0.3) is 0 Å². The molecule has 0 unspecified atom stereocenters. The number of rotatable bonds is 10. The Morgan fingerprint density at radius 2 is 1.84 bits per heavy atom. The van der Waals surface area contributed by atoms with Gasteiger partial charge in [0.15, 0.2) is 11.5 Å². The van der Waals surface area contributed by atoms with E-state index in [1.54, 1.807) is 12.1 Å². The van der Waals surface area contributed by atoms with Crippen LogP contribution < -0.4 is 20.2 Å². The van der Waals surface area contributed by atoms with Gasteiger partial charge in [0.1, 0.15) is 5.82 Å². The first-order valence-corrected chi connectivity index (χ1v) is 10.6. The number of halogens is 2. The van der Waals surface area contributed by atoms with E-state index in [9.17, 15) is 14.0 Å². The Labute approximate surface area is 189 Å². The Kier molecular flexibility index (Phi) is 9.45. The Morgan fingerprint density at radius 3 is 2.48 bits per heavy atom. The lowest BCUT2D eigenvalue weighted by molar-refractivity contribution is -0.124. The average molecular weight is 494 g/mol. The van der Waals surface area contributed by atoms with Gasteiger partial charge in [-0.05, 0) is 78.7 Å². The fourth-order valence-electron chi connectivity index (χ4n) is 2.49. The van der Waals surface area contributed by atoms with E-state index in [0.29, 0.717) is 33.8 Å². The number of nitrogens with zero attached hydrogens (tertiary/aromatic N) is 1. The summed E-state index contributed by atoms with van der Waals surface area (Å²) in [5.41, 5.74) is 3.55. The van der Waals surface area contributed by atoms with Crippen LogP contribution in [0.15, 0.2) is 46.0 Å². The zero-order valence-corrected chi connectivity index (χ0v) is 19.2. The molecule has 0 saturated carbocycles. The van der Waals surface area contributed by atoms with Gasteiger partial charge in [0.2, 0.25) is 11.8 Å². The highest BCUT2D eigenvalue weighted by atomic mass is 79.9. The molecule has 0 radical (unpaired) electrons. The van der Waals surface area contributed by atoms with Gasteiger partial charge in [-0.25, -0.2) is 9.82 Å². The molecule has 0 aromatic heterocycles. The van der Waals surface area contributed by atoms with E-state index in [0.717, 1.165) is 0 Å². The monoisotopic (exact) mass is 493 g/mol. The molecule has 0 aliphatic carbocycles. The molecule has 2 N–H and O–H groups in total. The fraction of sp³-hybridized carbons (Fsp3) is 0.318. The van der Waals surface area contributed by atoms with Crippen LogP contribution in [0.4, 0.5) is 10.1 Å². The summed E-state index contributed by atoms with van der Waals surface area (Å²) >= 11 is 3.47. The summed E-state index contributed by atoms with van der Waals surface area (Å²) in [5, 5.41) is 6.53. The van der Waals surface area contributed by atoms with E-state index in [1.807, 2.05) is 20.8 Å². The molecule has 0 bridgehead atoms. The third kappa shape index (κ3) is 8.37. The van der Waals surface area contributed by atoms with Crippen molar-refractivity contribution in [2.45, 2.75) is 39.7 Å². The molecule has 31 heavy (non-hydrogen) atoms. The molecular formula is C22H25BrFN3O4. The van der Waals surface area contributed by atoms with Gasteiger partial charge in [-0.15, -0.1) is 0 Å². The summed E-state index contributed by atoms with van der Waals surface area (Å²) in [4.78, 5) is 23.8. The van der Waals surface area contributed by atoms with Crippen molar-refractivity contribution in [3.05, 3.63) is 52.3 Å². The second-order valence-electron chi connectivity index (χ2n) is 6.78. The zero-order valence-electron chi connectivity index (χ0n) is 17.6. The highest BCUT2D eigenvalue weighted by molar-refractivity contribution is 9.10.